The Labute approximate surface area is 161 Å². The standard InChI is InChI=1S/C18H29N3O5S/c1-4-25-15-7-6-14(10-16(15)26-5-2)27(23,24)20-11-17(22)21-9-8-18(3,12-19)13-21/h6-7,10,20H,4-5,8-9,11-13,19H2,1-3H3. The van der Waals surface area contributed by atoms with Gasteiger partial charge in [-0.1, -0.05) is 6.92 Å². The van der Waals surface area contributed by atoms with E-state index in [4.69, 9.17) is 15.2 Å². The van der Waals surface area contributed by atoms with Gasteiger partial charge in [0.2, 0.25) is 15.9 Å². The predicted octanol–water partition coefficient (Wildman–Crippen LogP) is 0.960. The predicted molar refractivity (Wildman–Crippen MR) is 102 cm³/mol. The summed E-state index contributed by atoms with van der Waals surface area (Å²) in [7, 11) is -3.85. The number of amides is 1. The second-order valence-corrected chi connectivity index (χ2v) is 8.65. The van der Waals surface area contributed by atoms with Gasteiger partial charge in [0, 0.05) is 19.2 Å². The third-order valence-corrected chi connectivity index (χ3v) is 6.04. The van der Waals surface area contributed by atoms with Crippen molar-refractivity contribution in [3.8, 4) is 11.5 Å². The molecule has 1 aliphatic heterocycles. The lowest BCUT2D eigenvalue weighted by molar-refractivity contribution is -0.129. The number of ether oxygens (including phenoxy) is 2. The summed E-state index contributed by atoms with van der Waals surface area (Å²) in [6.45, 7) is 7.82. The topological polar surface area (TPSA) is 111 Å². The molecular weight excluding hydrogens is 370 g/mol. The van der Waals surface area contributed by atoms with Gasteiger partial charge in [-0.15, -0.1) is 0 Å². The van der Waals surface area contributed by atoms with Crippen molar-refractivity contribution in [2.24, 2.45) is 11.1 Å². The molecule has 0 bridgehead atoms. The smallest absolute Gasteiger partial charge is 0.241 e. The summed E-state index contributed by atoms with van der Waals surface area (Å²) in [5, 5.41) is 0. The Morgan fingerprint density at radius 1 is 1.26 bits per heavy atom. The van der Waals surface area contributed by atoms with Crippen molar-refractivity contribution in [1.82, 2.24) is 9.62 Å². The highest BCUT2D eigenvalue weighted by molar-refractivity contribution is 7.89. The Hall–Kier alpha value is -1.84. The summed E-state index contributed by atoms with van der Waals surface area (Å²) in [5.41, 5.74) is 5.65. The maximum Gasteiger partial charge on any atom is 0.241 e. The fraction of sp³-hybridized carbons (Fsp3) is 0.611. The van der Waals surface area contributed by atoms with E-state index in [-0.39, 0.29) is 22.8 Å². The molecule has 1 aliphatic rings. The summed E-state index contributed by atoms with van der Waals surface area (Å²) >= 11 is 0. The van der Waals surface area contributed by atoms with Crippen molar-refractivity contribution in [1.29, 1.82) is 0 Å². The van der Waals surface area contributed by atoms with Crippen LogP contribution < -0.4 is 19.9 Å². The maximum atomic E-state index is 12.6. The molecule has 1 unspecified atom stereocenters. The van der Waals surface area contributed by atoms with E-state index in [1.54, 1.807) is 17.9 Å². The largest absolute Gasteiger partial charge is 0.490 e. The SMILES string of the molecule is CCOc1ccc(S(=O)(=O)NCC(=O)N2CCC(C)(CN)C2)cc1OCC. The first-order valence-corrected chi connectivity index (χ1v) is 10.6. The lowest BCUT2D eigenvalue weighted by Crippen LogP contribution is -2.40. The third kappa shape index (κ3) is 5.33. The molecule has 1 saturated heterocycles. The Morgan fingerprint density at radius 3 is 2.52 bits per heavy atom. The summed E-state index contributed by atoms with van der Waals surface area (Å²) in [6, 6.07) is 4.39. The van der Waals surface area contributed by atoms with E-state index in [2.05, 4.69) is 4.72 Å². The van der Waals surface area contributed by atoms with Gasteiger partial charge in [-0.2, -0.15) is 0 Å². The lowest BCUT2D eigenvalue weighted by atomic mass is 9.90. The second kappa shape index (κ2) is 8.90. The van der Waals surface area contributed by atoms with Crippen LogP contribution in [0.3, 0.4) is 0 Å². The van der Waals surface area contributed by atoms with Gasteiger partial charge in [-0.3, -0.25) is 4.79 Å². The number of nitrogens with two attached hydrogens (primary N) is 1. The molecule has 1 aromatic rings. The van der Waals surface area contributed by atoms with Crippen LogP contribution in [0.5, 0.6) is 11.5 Å². The van der Waals surface area contributed by atoms with Crippen LogP contribution in [-0.4, -0.2) is 58.6 Å². The minimum atomic E-state index is -3.85. The van der Waals surface area contributed by atoms with E-state index in [9.17, 15) is 13.2 Å². The van der Waals surface area contributed by atoms with Crippen LogP contribution in [0.1, 0.15) is 27.2 Å². The van der Waals surface area contributed by atoms with Crippen molar-refractivity contribution >= 4 is 15.9 Å². The van der Waals surface area contributed by atoms with Gasteiger partial charge in [-0.05, 0) is 44.4 Å². The number of sulfonamides is 1. The first kappa shape index (κ1) is 21.5. The number of carbonyl (C=O) groups excluding carboxylic acids is 1. The zero-order valence-corrected chi connectivity index (χ0v) is 17.0. The monoisotopic (exact) mass is 399 g/mol. The normalized spacial score (nSPS) is 19.9. The fourth-order valence-electron chi connectivity index (χ4n) is 2.95. The highest BCUT2D eigenvalue weighted by Gasteiger charge is 2.35. The number of nitrogens with zero attached hydrogens (tertiary/aromatic N) is 1. The van der Waals surface area contributed by atoms with Crippen LogP contribution in [0.15, 0.2) is 23.1 Å². The highest BCUT2D eigenvalue weighted by Crippen LogP contribution is 2.30. The van der Waals surface area contributed by atoms with E-state index in [0.29, 0.717) is 44.3 Å². The highest BCUT2D eigenvalue weighted by atomic mass is 32.2. The summed E-state index contributed by atoms with van der Waals surface area (Å²) in [6.07, 6.45) is 0.818. The molecule has 1 amide bonds. The van der Waals surface area contributed by atoms with E-state index in [1.165, 1.54) is 12.1 Å². The molecule has 1 fully saturated rings. The lowest BCUT2D eigenvalue weighted by Gasteiger charge is -2.22. The molecule has 3 N–H and O–H groups in total. The number of carbonyl (C=O) groups is 1. The van der Waals surface area contributed by atoms with Gasteiger partial charge in [0.05, 0.1) is 24.7 Å². The van der Waals surface area contributed by atoms with Crippen LogP contribution in [0.4, 0.5) is 0 Å². The first-order valence-electron chi connectivity index (χ1n) is 9.12. The average molecular weight is 400 g/mol. The summed E-state index contributed by atoms with van der Waals surface area (Å²) in [4.78, 5) is 14.0. The van der Waals surface area contributed by atoms with Crippen molar-refractivity contribution in [3.05, 3.63) is 18.2 Å². The Bertz CT molecular complexity index is 768. The molecule has 8 nitrogen and oxygen atoms in total. The Kier molecular flexibility index (Phi) is 7.07. The van der Waals surface area contributed by atoms with Crippen LogP contribution in [0, 0.1) is 5.41 Å². The molecule has 1 aromatic carbocycles. The fourth-order valence-corrected chi connectivity index (χ4v) is 3.94. The molecule has 2 rings (SSSR count). The molecular formula is C18H29N3O5S. The van der Waals surface area contributed by atoms with Gasteiger partial charge in [0.25, 0.3) is 0 Å². The summed E-state index contributed by atoms with van der Waals surface area (Å²) < 4.78 is 38.4. The van der Waals surface area contributed by atoms with Crippen LogP contribution in [0.2, 0.25) is 0 Å². The van der Waals surface area contributed by atoms with Crippen molar-refractivity contribution in [3.63, 3.8) is 0 Å². The van der Waals surface area contributed by atoms with Gasteiger partial charge in [-0.25, -0.2) is 13.1 Å². The van der Waals surface area contributed by atoms with E-state index in [0.717, 1.165) is 6.42 Å². The molecule has 0 aromatic heterocycles. The molecule has 1 heterocycles. The van der Waals surface area contributed by atoms with Crippen LogP contribution >= 0.6 is 0 Å². The molecule has 0 radical (unpaired) electrons. The molecule has 0 aliphatic carbocycles. The van der Waals surface area contributed by atoms with Crippen LogP contribution in [-0.2, 0) is 14.8 Å². The average Bonchev–Trinajstić information content (AvgIpc) is 3.04. The van der Waals surface area contributed by atoms with Gasteiger partial charge < -0.3 is 20.1 Å². The van der Waals surface area contributed by atoms with Gasteiger partial charge >= 0.3 is 0 Å². The van der Waals surface area contributed by atoms with Crippen molar-refractivity contribution in [2.75, 3.05) is 39.4 Å². The van der Waals surface area contributed by atoms with E-state index in [1.807, 2.05) is 13.8 Å². The maximum absolute atomic E-state index is 12.6. The third-order valence-electron chi connectivity index (χ3n) is 4.64. The molecule has 152 valence electrons. The Morgan fingerprint density at radius 2 is 1.93 bits per heavy atom. The zero-order chi connectivity index (χ0) is 20.1. The number of hydrogen-bond acceptors (Lipinski definition) is 6. The number of rotatable bonds is 9. The van der Waals surface area contributed by atoms with Crippen molar-refractivity contribution < 1.29 is 22.7 Å². The minimum Gasteiger partial charge on any atom is -0.490 e. The van der Waals surface area contributed by atoms with Gasteiger partial charge in [0.1, 0.15) is 0 Å². The molecule has 9 heteroatoms. The number of hydrogen-bond donors (Lipinski definition) is 2. The molecule has 0 spiro atoms. The first-order chi connectivity index (χ1) is 12.7. The minimum absolute atomic E-state index is 0.0235. The number of nitrogens with one attached hydrogen (secondary N) is 1. The Balaban J connectivity index is 2.06. The molecule has 0 saturated carbocycles. The quantitative estimate of drug-likeness (QED) is 0.640. The molecule has 27 heavy (non-hydrogen) atoms. The zero-order valence-electron chi connectivity index (χ0n) is 16.2. The van der Waals surface area contributed by atoms with Gasteiger partial charge in [0.15, 0.2) is 11.5 Å². The molecule has 1 atom stereocenters. The van der Waals surface area contributed by atoms with Crippen molar-refractivity contribution in [2.45, 2.75) is 32.1 Å². The van der Waals surface area contributed by atoms with Crippen LogP contribution in [0.25, 0.3) is 0 Å². The number of likely N-dealkylation sites (tertiary alicyclic amines) is 1. The number of benzene rings is 1. The van der Waals surface area contributed by atoms with E-state index < -0.39 is 10.0 Å². The second-order valence-electron chi connectivity index (χ2n) is 6.88. The van der Waals surface area contributed by atoms with E-state index >= 15 is 0 Å². The summed E-state index contributed by atoms with van der Waals surface area (Å²) in [5.74, 6) is 0.575.